The van der Waals surface area contributed by atoms with E-state index in [1.165, 1.54) is 11.3 Å². The first-order chi connectivity index (χ1) is 10.6. The summed E-state index contributed by atoms with van der Waals surface area (Å²) in [5.74, 6) is 0.340. The van der Waals surface area contributed by atoms with Crippen molar-refractivity contribution in [3.63, 3.8) is 0 Å². The van der Waals surface area contributed by atoms with Gasteiger partial charge in [-0.1, -0.05) is 12.1 Å². The molecule has 3 aromatic rings. The van der Waals surface area contributed by atoms with Crippen LogP contribution in [-0.2, 0) is 0 Å². The molecule has 0 bridgehead atoms. The molecule has 3 heterocycles. The molecule has 0 spiro atoms. The maximum Gasteiger partial charge on any atom is 0.268 e. The predicted molar refractivity (Wildman–Crippen MR) is 87.0 cm³/mol. The van der Waals surface area contributed by atoms with Crippen LogP contribution in [0.15, 0.2) is 42.6 Å². The van der Waals surface area contributed by atoms with E-state index in [9.17, 15) is 4.79 Å². The minimum Gasteiger partial charge on any atom is -0.306 e. The number of hydrogen-bond acceptors (Lipinski definition) is 5. The first-order valence-corrected chi connectivity index (χ1v) is 7.59. The Kier molecular flexibility index (Phi) is 3.93. The molecule has 0 aliphatic heterocycles. The molecule has 3 aromatic heterocycles. The van der Waals surface area contributed by atoms with Crippen molar-refractivity contribution in [2.24, 2.45) is 0 Å². The average Bonchev–Trinajstić information content (AvgIpc) is 2.90. The van der Waals surface area contributed by atoms with Crippen molar-refractivity contribution in [2.75, 3.05) is 5.32 Å². The third kappa shape index (κ3) is 3.01. The van der Waals surface area contributed by atoms with Crippen molar-refractivity contribution >= 4 is 23.1 Å². The van der Waals surface area contributed by atoms with Crippen molar-refractivity contribution in [3.05, 3.63) is 58.9 Å². The smallest absolute Gasteiger partial charge is 0.268 e. The van der Waals surface area contributed by atoms with Crippen LogP contribution in [0.25, 0.3) is 10.7 Å². The maximum atomic E-state index is 12.4. The number of thiazole rings is 1. The SMILES string of the molecule is Cc1cccc(NC(=O)c2sc(-c3ccccn3)nc2C)n1. The van der Waals surface area contributed by atoms with Gasteiger partial charge >= 0.3 is 0 Å². The third-order valence-corrected chi connectivity index (χ3v) is 4.20. The van der Waals surface area contributed by atoms with E-state index in [-0.39, 0.29) is 5.91 Å². The van der Waals surface area contributed by atoms with Crippen LogP contribution in [0.2, 0.25) is 0 Å². The Morgan fingerprint density at radius 3 is 2.68 bits per heavy atom. The fourth-order valence-corrected chi connectivity index (χ4v) is 2.93. The highest BCUT2D eigenvalue weighted by Gasteiger charge is 2.17. The molecule has 0 atom stereocenters. The molecule has 1 amide bonds. The van der Waals surface area contributed by atoms with E-state index in [1.807, 2.05) is 44.2 Å². The van der Waals surface area contributed by atoms with E-state index < -0.39 is 0 Å². The number of carbonyl (C=O) groups excluding carboxylic acids is 1. The highest BCUT2D eigenvalue weighted by atomic mass is 32.1. The van der Waals surface area contributed by atoms with Gasteiger partial charge in [-0.25, -0.2) is 9.97 Å². The summed E-state index contributed by atoms with van der Waals surface area (Å²) in [5.41, 5.74) is 2.31. The van der Waals surface area contributed by atoms with Crippen LogP contribution in [0.1, 0.15) is 21.1 Å². The van der Waals surface area contributed by atoms with E-state index in [0.717, 1.165) is 16.4 Å². The van der Waals surface area contributed by atoms with E-state index in [2.05, 4.69) is 20.3 Å². The van der Waals surface area contributed by atoms with Crippen molar-refractivity contribution in [2.45, 2.75) is 13.8 Å². The molecule has 0 saturated heterocycles. The third-order valence-electron chi connectivity index (χ3n) is 3.02. The summed E-state index contributed by atoms with van der Waals surface area (Å²) in [6.45, 7) is 3.70. The molecule has 22 heavy (non-hydrogen) atoms. The second kappa shape index (κ2) is 6.03. The summed E-state index contributed by atoms with van der Waals surface area (Å²) in [7, 11) is 0. The second-order valence-corrected chi connectivity index (χ2v) is 5.77. The van der Waals surface area contributed by atoms with Gasteiger partial charge in [-0.3, -0.25) is 9.78 Å². The molecular formula is C16H14N4OS. The first kappa shape index (κ1) is 14.3. The molecule has 1 N–H and O–H groups in total. The normalized spacial score (nSPS) is 10.5. The molecule has 0 unspecified atom stereocenters. The lowest BCUT2D eigenvalue weighted by atomic mass is 10.3. The highest BCUT2D eigenvalue weighted by Crippen LogP contribution is 2.26. The van der Waals surface area contributed by atoms with E-state index >= 15 is 0 Å². The zero-order valence-corrected chi connectivity index (χ0v) is 13.0. The number of rotatable bonds is 3. The zero-order valence-electron chi connectivity index (χ0n) is 12.2. The average molecular weight is 310 g/mol. The van der Waals surface area contributed by atoms with Gasteiger partial charge in [0.1, 0.15) is 15.7 Å². The van der Waals surface area contributed by atoms with Gasteiger partial charge in [-0.2, -0.15) is 0 Å². The maximum absolute atomic E-state index is 12.4. The lowest BCUT2D eigenvalue weighted by Crippen LogP contribution is -2.12. The van der Waals surface area contributed by atoms with Crippen LogP contribution in [0.5, 0.6) is 0 Å². The van der Waals surface area contributed by atoms with E-state index in [1.54, 1.807) is 12.3 Å². The number of nitrogens with zero attached hydrogens (tertiary/aromatic N) is 3. The van der Waals surface area contributed by atoms with Crippen molar-refractivity contribution in [3.8, 4) is 10.7 Å². The van der Waals surface area contributed by atoms with E-state index in [0.29, 0.717) is 16.4 Å². The van der Waals surface area contributed by atoms with Crippen LogP contribution in [0, 0.1) is 13.8 Å². The Labute approximate surface area is 132 Å². The van der Waals surface area contributed by atoms with Gasteiger partial charge < -0.3 is 5.32 Å². The minimum absolute atomic E-state index is 0.199. The summed E-state index contributed by atoms with van der Waals surface area (Å²) in [6, 6.07) is 11.1. The van der Waals surface area contributed by atoms with Gasteiger partial charge in [0.2, 0.25) is 0 Å². The first-order valence-electron chi connectivity index (χ1n) is 6.77. The number of anilines is 1. The summed E-state index contributed by atoms with van der Waals surface area (Å²) < 4.78 is 0. The quantitative estimate of drug-likeness (QED) is 0.804. The predicted octanol–water partition coefficient (Wildman–Crippen LogP) is 3.47. The molecule has 3 rings (SSSR count). The van der Waals surface area contributed by atoms with Crippen LogP contribution in [-0.4, -0.2) is 20.9 Å². The van der Waals surface area contributed by atoms with Gasteiger partial charge in [0.25, 0.3) is 5.91 Å². The second-order valence-electron chi connectivity index (χ2n) is 4.77. The molecule has 0 aliphatic carbocycles. The lowest BCUT2D eigenvalue weighted by molar-refractivity contribution is 0.102. The lowest BCUT2D eigenvalue weighted by Gasteiger charge is -2.03. The molecular weight excluding hydrogens is 296 g/mol. The van der Waals surface area contributed by atoms with Gasteiger partial charge in [0, 0.05) is 11.9 Å². The minimum atomic E-state index is -0.199. The zero-order chi connectivity index (χ0) is 15.5. The van der Waals surface area contributed by atoms with Gasteiger partial charge in [0.05, 0.1) is 11.4 Å². The van der Waals surface area contributed by atoms with Gasteiger partial charge in [-0.15, -0.1) is 11.3 Å². The summed E-state index contributed by atoms with van der Waals surface area (Å²) in [6.07, 6.45) is 1.71. The molecule has 0 radical (unpaired) electrons. The number of aromatic nitrogens is 3. The Morgan fingerprint density at radius 1 is 1.09 bits per heavy atom. The van der Waals surface area contributed by atoms with Gasteiger partial charge in [0.15, 0.2) is 0 Å². The largest absolute Gasteiger partial charge is 0.306 e. The Bertz CT molecular complexity index is 814. The fourth-order valence-electron chi connectivity index (χ4n) is 1.99. The number of amides is 1. The number of aryl methyl sites for hydroxylation is 2. The molecule has 0 aliphatic rings. The van der Waals surface area contributed by atoms with Crippen LogP contribution in [0.3, 0.4) is 0 Å². The Balaban J connectivity index is 1.86. The monoisotopic (exact) mass is 310 g/mol. The highest BCUT2D eigenvalue weighted by molar-refractivity contribution is 7.17. The number of pyridine rings is 2. The molecule has 6 heteroatoms. The standard InChI is InChI=1S/C16H14N4OS/c1-10-6-5-8-13(18-10)20-15(21)14-11(2)19-16(22-14)12-7-3-4-9-17-12/h3-9H,1-2H3,(H,18,20,21). The van der Waals surface area contributed by atoms with Crippen LogP contribution < -0.4 is 5.32 Å². The molecule has 110 valence electrons. The molecule has 0 saturated carbocycles. The van der Waals surface area contributed by atoms with E-state index in [4.69, 9.17) is 0 Å². The van der Waals surface area contributed by atoms with Crippen LogP contribution in [0.4, 0.5) is 5.82 Å². The fraction of sp³-hybridized carbons (Fsp3) is 0.125. The van der Waals surface area contributed by atoms with Crippen molar-refractivity contribution < 1.29 is 4.79 Å². The number of carbonyl (C=O) groups is 1. The topological polar surface area (TPSA) is 67.8 Å². The van der Waals surface area contributed by atoms with Crippen molar-refractivity contribution in [1.82, 2.24) is 15.0 Å². The molecule has 0 aromatic carbocycles. The van der Waals surface area contributed by atoms with Crippen LogP contribution >= 0.6 is 11.3 Å². The molecule has 5 nitrogen and oxygen atoms in total. The molecule has 0 fully saturated rings. The summed E-state index contributed by atoms with van der Waals surface area (Å²) >= 11 is 1.33. The number of hydrogen-bond donors (Lipinski definition) is 1. The number of nitrogens with one attached hydrogen (secondary N) is 1. The van der Waals surface area contributed by atoms with Gasteiger partial charge in [-0.05, 0) is 38.1 Å². The van der Waals surface area contributed by atoms with Crippen molar-refractivity contribution in [1.29, 1.82) is 0 Å². The Morgan fingerprint density at radius 2 is 1.95 bits per heavy atom. The summed E-state index contributed by atoms with van der Waals surface area (Å²) in [4.78, 5) is 25.9. The summed E-state index contributed by atoms with van der Waals surface area (Å²) in [5, 5.41) is 3.54. The Hall–Kier alpha value is -2.60.